The molecular formula is C23H24FN3O4. The number of ether oxygens (including phenoxy) is 1. The van der Waals surface area contributed by atoms with Crippen molar-refractivity contribution in [3.05, 3.63) is 65.5 Å². The predicted molar refractivity (Wildman–Crippen MR) is 110 cm³/mol. The Labute approximate surface area is 179 Å². The third-order valence-corrected chi connectivity index (χ3v) is 5.31. The van der Waals surface area contributed by atoms with Gasteiger partial charge in [0.15, 0.2) is 0 Å². The molecular weight excluding hydrogens is 401 g/mol. The van der Waals surface area contributed by atoms with Crippen LogP contribution in [0.15, 0.2) is 48.5 Å². The van der Waals surface area contributed by atoms with Gasteiger partial charge in [-0.05, 0) is 48.2 Å². The Hall–Kier alpha value is -3.60. The molecule has 7 nitrogen and oxygen atoms in total. The Bertz CT molecular complexity index is 958. The fraction of sp³-hybridized carbons (Fsp3) is 0.348. The summed E-state index contributed by atoms with van der Waals surface area (Å²) in [6.45, 7) is -0.0102. The second-order valence-electron chi connectivity index (χ2n) is 7.51. The SMILES string of the molecule is N#CC(NC(=O)C1CCCCC1NC(=O)OCc1ccc(F)cc1)c1cccc(O)c1. The summed E-state index contributed by atoms with van der Waals surface area (Å²) in [5.41, 5.74) is 1.13. The molecule has 0 radical (unpaired) electrons. The maximum absolute atomic E-state index is 13.0. The average molecular weight is 425 g/mol. The van der Waals surface area contributed by atoms with Crippen LogP contribution in [0.5, 0.6) is 5.75 Å². The number of nitriles is 1. The highest BCUT2D eigenvalue weighted by Gasteiger charge is 2.33. The minimum atomic E-state index is -0.910. The largest absolute Gasteiger partial charge is 0.508 e. The van der Waals surface area contributed by atoms with Crippen molar-refractivity contribution in [1.82, 2.24) is 10.6 Å². The third kappa shape index (κ3) is 6.19. The lowest BCUT2D eigenvalue weighted by atomic mass is 9.83. The van der Waals surface area contributed by atoms with Crippen LogP contribution in [0.3, 0.4) is 0 Å². The van der Waals surface area contributed by atoms with Crippen LogP contribution < -0.4 is 10.6 Å². The molecule has 162 valence electrons. The summed E-state index contributed by atoms with van der Waals surface area (Å²) in [5.74, 6) is -1.20. The van der Waals surface area contributed by atoms with Crippen LogP contribution in [0, 0.1) is 23.1 Å². The predicted octanol–water partition coefficient (Wildman–Crippen LogP) is 3.70. The summed E-state index contributed by atoms with van der Waals surface area (Å²) in [4.78, 5) is 25.1. The first kappa shape index (κ1) is 22.1. The Balaban J connectivity index is 1.58. The van der Waals surface area contributed by atoms with Crippen molar-refractivity contribution in [1.29, 1.82) is 5.26 Å². The van der Waals surface area contributed by atoms with E-state index in [-0.39, 0.29) is 24.1 Å². The van der Waals surface area contributed by atoms with Crippen LogP contribution in [0.2, 0.25) is 0 Å². The zero-order valence-corrected chi connectivity index (χ0v) is 16.9. The van der Waals surface area contributed by atoms with Crippen LogP contribution in [0.4, 0.5) is 9.18 Å². The Kier molecular flexibility index (Phi) is 7.44. The first-order valence-corrected chi connectivity index (χ1v) is 10.1. The average Bonchev–Trinajstić information content (AvgIpc) is 2.77. The molecule has 1 aliphatic rings. The summed E-state index contributed by atoms with van der Waals surface area (Å²) < 4.78 is 18.2. The van der Waals surface area contributed by atoms with Crippen LogP contribution >= 0.6 is 0 Å². The molecule has 2 aromatic carbocycles. The van der Waals surface area contributed by atoms with Gasteiger partial charge in [0.05, 0.1) is 12.0 Å². The van der Waals surface area contributed by atoms with E-state index in [0.717, 1.165) is 12.8 Å². The van der Waals surface area contributed by atoms with E-state index in [9.17, 15) is 24.3 Å². The third-order valence-electron chi connectivity index (χ3n) is 5.31. The van der Waals surface area contributed by atoms with Crippen molar-refractivity contribution in [2.45, 2.75) is 44.4 Å². The van der Waals surface area contributed by atoms with Crippen molar-refractivity contribution in [3.63, 3.8) is 0 Å². The number of carbonyl (C=O) groups excluding carboxylic acids is 2. The number of nitrogens with zero attached hydrogens (tertiary/aromatic N) is 1. The minimum Gasteiger partial charge on any atom is -0.508 e. The zero-order chi connectivity index (χ0) is 22.2. The number of rotatable bonds is 6. The van der Waals surface area contributed by atoms with Crippen LogP contribution in [0.25, 0.3) is 0 Å². The first-order valence-electron chi connectivity index (χ1n) is 10.1. The highest BCUT2D eigenvalue weighted by atomic mass is 19.1. The molecule has 3 N–H and O–H groups in total. The molecule has 0 bridgehead atoms. The lowest BCUT2D eigenvalue weighted by Gasteiger charge is -2.31. The van der Waals surface area contributed by atoms with Crippen molar-refractivity contribution in [2.24, 2.45) is 5.92 Å². The van der Waals surface area contributed by atoms with Crippen LogP contribution in [-0.2, 0) is 16.1 Å². The topological polar surface area (TPSA) is 111 Å². The van der Waals surface area contributed by atoms with Gasteiger partial charge in [-0.15, -0.1) is 0 Å². The Morgan fingerprint density at radius 3 is 2.65 bits per heavy atom. The number of phenolic OH excluding ortho intramolecular Hbond substituents is 1. The van der Waals surface area contributed by atoms with E-state index >= 15 is 0 Å². The molecule has 3 unspecified atom stereocenters. The molecule has 0 aromatic heterocycles. The Morgan fingerprint density at radius 1 is 1.19 bits per heavy atom. The first-order chi connectivity index (χ1) is 15.0. The normalized spacial score (nSPS) is 19.0. The van der Waals surface area contributed by atoms with E-state index in [1.807, 2.05) is 6.07 Å². The van der Waals surface area contributed by atoms with E-state index in [2.05, 4.69) is 10.6 Å². The second kappa shape index (κ2) is 10.4. The summed E-state index contributed by atoms with van der Waals surface area (Å²) >= 11 is 0. The number of aromatic hydroxyl groups is 1. The molecule has 0 saturated heterocycles. The second-order valence-corrected chi connectivity index (χ2v) is 7.51. The van der Waals surface area contributed by atoms with Gasteiger partial charge in [-0.1, -0.05) is 37.1 Å². The maximum atomic E-state index is 13.0. The number of carbonyl (C=O) groups is 2. The van der Waals surface area contributed by atoms with Gasteiger partial charge < -0.3 is 20.5 Å². The fourth-order valence-electron chi connectivity index (χ4n) is 3.68. The van der Waals surface area contributed by atoms with Gasteiger partial charge in [0.25, 0.3) is 0 Å². The van der Waals surface area contributed by atoms with Crippen LogP contribution in [-0.4, -0.2) is 23.1 Å². The Morgan fingerprint density at radius 2 is 1.94 bits per heavy atom. The van der Waals surface area contributed by atoms with Gasteiger partial charge in [0, 0.05) is 6.04 Å². The fourth-order valence-corrected chi connectivity index (χ4v) is 3.68. The lowest BCUT2D eigenvalue weighted by Crippen LogP contribution is -2.49. The van der Waals surface area contributed by atoms with Crippen molar-refractivity contribution >= 4 is 12.0 Å². The highest BCUT2D eigenvalue weighted by molar-refractivity contribution is 5.81. The van der Waals surface area contributed by atoms with Gasteiger partial charge in [0.2, 0.25) is 5.91 Å². The molecule has 3 rings (SSSR count). The highest BCUT2D eigenvalue weighted by Crippen LogP contribution is 2.26. The van der Waals surface area contributed by atoms with Gasteiger partial charge in [-0.25, -0.2) is 9.18 Å². The number of halogens is 1. The van der Waals surface area contributed by atoms with Crippen molar-refractivity contribution in [3.8, 4) is 11.8 Å². The summed E-state index contributed by atoms with van der Waals surface area (Å²) in [5, 5.41) is 24.6. The summed E-state index contributed by atoms with van der Waals surface area (Å²) in [6.07, 6.45) is 2.24. The smallest absolute Gasteiger partial charge is 0.407 e. The quantitative estimate of drug-likeness (QED) is 0.653. The molecule has 8 heteroatoms. The van der Waals surface area contributed by atoms with E-state index in [1.54, 1.807) is 12.1 Å². The molecule has 31 heavy (non-hydrogen) atoms. The molecule has 3 atom stereocenters. The molecule has 1 aliphatic carbocycles. The molecule has 1 saturated carbocycles. The number of phenols is 1. The van der Waals surface area contributed by atoms with E-state index in [4.69, 9.17) is 4.74 Å². The van der Waals surface area contributed by atoms with E-state index < -0.39 is 24.1 Å². The van der Waals surface area contributed by atoms with Gasteiger partial charge in [0.1, 0.15) is 24.2 Å². The standard InChI is InChI=1S/C23H24FN3O4/c24-17-10-8-15(9-11-17)14-31-23(30)27-20-7-2-1-6-19(20)22(29)26-21(13-25)16-4-3-5-18(28)12-16/h3-5,8-12,19-21,28H,1-2,6-7,14H2,(H,26,29)(H,27,30). The number of benzene rings is 2. The minimum absolute atomic E-state index is 0.00751. The summed E-state index contributed by atoms with van der Waals surface area (Å²) in [6, 6.07) is 12.5. The number of nitrogens with one attached hydrogen (secondary N) is 2. The summed E-state index contributed by atoms with van der Waals surface area (Å²) in [7, 11) is 0. The molecule has 0 spiro atoms. The van der Waals surface area contributed by atoms with Crippen LogP contribution in [0.1, 0.15) is 42.9 Å². The lowest BCUT2D eigenvalue weighted by molar-refractivity contribution is -0.127. The number of hydrogen-bond acceptors (Lipinski definition) is 5. The van der Waals surface area contributed by atoms with Gasteiger partial charge in [-0.2, -0.15) is 5.26 Å². The number of hydrogen-bond donors (Lipinski definition) is 3. The molecule has 1 fully saturated rings. The number of alkyl carbamates (subject to hydrolysis) is 1. The molecule has 0 aliphatic heterocycles. The van der Waals surface area contributed by atoms with Gasteiger partial charge in [-0.3, -0.25) is 4.79 Å². The van der Waals surface area contributed by atoms with E-state index in [0.29, 0.717) is 24.0 Å². The maximum Gasteiger partial charge on any atom is 0.407 e. The monoisotopic (exact) mass is 425 g/mol. The van der Waals surface area contributed by atoms with Crippen molar-refractivity contribution < 1.29 is 23.8 Å². The number of amides is 2. The molecule has 2 aromatic rings. The van der Waals surface area contributed by atoms with Crippen molar-refractivity contribution in [2.75, 3.05) is 0 Å². The molecule has 0 heterocycles. The van der Waals surface area contributed by atoms with E-state index in [1.165, 1.54) is 36.4 Å². The zero-order valence-electron chi connectivity index (χ0n) is 16.9. The molecule has 2 amide bonds. The van der Waals surface area contributed by atoms with Gasteiger partial charge >= 0.3 is 6.09 Å².